The lowest BCUT2D eigenvalue weighted by atomic mass is 10.1. The van der Waals surface area contributed by atoms with Gasteiger partial charge in [0.2, 0.25) is 0 Å². The molecule has 0 bridgehead atoms. The Bertz CT molecular complexity index is 1130. The number of hydrogen-bond acceptors (Lipinski definition) is 3. The molecular weight excluding hydrogens is 326 g/mol. The molecule has 26 heavy (non-hydrogen) atoms. The Hall–Kier alpha value is -3.21. The van der Waals surface area contributed by atoms with Crippen molar-refractivity contribution in [3.05, 3.63) is 87.8 Å². The SMILES string of the molecule is Cc1ccc(C[n+]2cc(-c3c(C)noc3C)c(=O)n3ccccc32)cc1. The van der Waals surface area contributed by atoms with Crippen molar-refractivity contribution in [2.24, 2.45) is 0 Å². The van der Waals surface area contributed by atoms with Gasteiger partial charge in [0, 0.05) is 6.07 Å². The highest BCUT2D eigenvalue weighted by Gasteiger charge is 2.22. The molecule has 5 nitrogen and oxygen atoms in total. The third-order valence-corrected chi connectivity index (χ3v) is 4.64. The summed E-state index contributed by atoms with van der Waals surface area (Å²) in [5.74, 6) is 0.650. The Kier molecular flexibility index (Phi) is 3.92. The van der Waals surface area contributed by atoms with Gasteiger partial charge in [0.05, 0.1) is 17.5 Å². The molecule has 5 heteroatoms. The average molecular weight is 346 g/mol. The van der Waals surface area contributed by atoms with Gasteiger partial charge in [0.15, 0.2) is 0 Å². The molecule has 0 aliphatic heterocycles. The van der Waals surface area contributed by atoms with Crippen LogP contribution in [0.3, 0.4) is 0 Å². The summed E-state index contributed by atoms with van der Waals surface area (Å²) < 4.78 is 9.05. The van der Waals surface area contributed by atoms with Crippen molar-refractivity contribution in [3.8, 4) is 11.1 Å². The predicted octanol–water partition coefficient (Wildman–Crippen LogP) is 3.22. The van der Waals surface area contributed by atoms with E-state index >= 15 is 0 Å². The second kappa shape index (κ2) is 6.26. The minimum atomic E-state index is -0.0739. The number of aryl methyl sites for hydroxylation is 3. The van der Waals surface area contributed by atoms with E-state index in [1.807, 2.05) is 38.2 Å². The van der Waals surface area contributed by atoms with E-state index < -0.39 is 0 Å². The summed E-state index contributed by atoms with van der Waals surface area (Å²) in [6.45, 7) is 6.43. The van der Waals surface area contributed by atoms with Crippen LogP contribution in [0.4, 0.5) is 0 Å². The Morgan fingerprint density at radius 2 is 1.85 bits per heavy atom. The lowest BCUT2D eigenvalue weighted by molar-refractivity contribution is -0.665. The zero-order valence-corrected chi connectivity index (χ0v) is 15.1. The molecule has 0 radical (unpaired) electrons. The molecule has 0 saturated carbocycles. The molecule has 0 saturated heterocycles. The maximum Gasteiger partial charge on any atom is 0.350 e. The van der Waals surface area contributed by atoms with Crippen LogP contribution in [-0.4, -0.2) is 9.56 Å². The van der Waals surface area contributed by atoms with Gasteiger partial charge < -0.3 is 4.52 Å². The maximum absolute atomic E-state index is 13.1. The second-order valence-corrected chi connectivity index (χ2v) is 6.59. The van der Waals surface area contributed by atoms with Crippen LogP contribution in [0, 0.1) is 20.8 Å². The van der Waals surface area contributed by atoms with Crippen LogP contribution in [0.15, 0.2) is 64.2 Å². The van der Waals surface area contributed by atoms with Crippen molar-refractivity contribution in [2.75, 3.05) is 0 Å². The van der Waals surface area contributed by atoms with E-state index in [0.29, 0.717) is 17.9 Å². The lowest BCUT2D eigenvalue weighted by Crippen LogP contribution is -2.40. The van der Waals surface area contributed by atoms with Crippen molar-refractivity contribution >= 4 is 5.65 Å². The van der Waals surface area contributed by atoms with Crippen LogP contribution in [-0.2, 0) is 6.54 Å². The third kappa shape index (κ3) is 2.71. The molecule has 3 aromatic heterocycles. The van der Waals surface area contributed by atoms with Gasteiger partial charge in [-0.05, 0) is 32.4 Å². The first-order chi connectivity index (χ1) is 12.5. The van der Waals surface area contributed by atoms with Gasteiger partial charge in [-0.1, -0.05) is 41.1 Å². The van der Waals surface area contributed by atoms with Crippen LogP contribution in [0.2, 0.25) is 0 Å². The van der Waals surface area contributed by atoms with Crippen LogP contribution in [0.25, 0.3) is 16.8 Å². The zero-order chi connectivity index (χ0) is 18.3. The third-order valence-electron chi connectivity index (χ3n) is 4.64. The monoisotopic (exact) mass is 346 g/mol. The first kappa shape index (κ1) is 16.3. The van der Waals surface area contributed by atoms with Gasteiger partial charge in [-0.3, -0.25) is 0 Å². The fourth-order valence-corrected chi connectivity index (χ4v) is 3.30. The van der Waals surface area contributed by atoms with Crippen molar-refractivity contribution in [1.29, 1.82) is 0 Å². The molecule has 4 aromatic rings. The van der Waals surface area contributed by atoms with Crippen LogP contribution in [0.1, 0.15) is 22.6 Å². The molecule has 3 heterocycles. The van der Waals surface area contributed by atoms with E-state index in [1.165, 1.54) is 11.1 Å². The smallest absolute Gasteiger partial charge is 0.350 e. The first-order valence-corrected chi connectivity index (χ1v) is 8.57. The molecule has 0 atom stereocenters. The highest BCUT2D eigenvalue weighted by molar-refractivity contribution is 5.66. The maximum atomic E-state index is 13.1. The molecular formula is C21H20N3O2+. The Morgan fingerprint density at radius 1 is 1.08 bits per heavy atom. The molecule has 0 aliphatic rings. The summed E-state index contributed by atoms with van der Waals surface area (Å²) in [6, 6.07) is 14.2. The average Bonchev–Trinajstić information content (AvgIpc) is 2.98. The molecule has 0 fully saturated rings. The second-order valence-electron chi connectivity index (χ2n) is 6.59. The van der Waals surface area contributed by atoms with Crippen LogP contribution >= 0.6 is 0 Å². The van der Waals surface area contributed by atoms with Gasteiger partial charge in [-0.25, -0.2) is 9.36 Å². The number of hydrogen-bond donors (Lipinski definition) is 0. The Morgan fingerprint density at radius 3 is 2.54 bits per heavy atom. The number of fused-ring (bicyclic) bond motifs is 1. The molecule has 0 spiro atoms. The van der Waals surface area contributed by atoms with E-state index in [1.54, 1.807) is 10.6 Å². The van der Waals surface area contributed by atoms with E-state index in [-0.39, 0.29) is 5.56 Å². The molecule has 130 valence electrons. The summed E-state index contributed by atoms with van der Waals surface area (Å²) in [7, 11) is 0. The summed E-state index contributed by atoms with van der Waals surface area (Å²) in [6.07, 6.45) is 3.70. The Balaban J connectivity index is 1.96. The van der Waals surface area contributed by atoms with Crippen LogP contribution in [0.5, 0.6) is 0 Å². The predicted molar refractivity (Wildman–Crippen MR) is 99.1 cm³/mol. The molecule has 0 aliphatic carbocycles. The quantitative estimate of drug-likeness (QED) is 0.535. The summed E-state index contributed by atoms with van der Waals surface area (Å²) in [4.78, 5) is 13.1. The standard InChI is InChI=1S/C21H20N3O2/c1-14-7-9-17(10-8-14)12-23-13-18(20-15(2)22-26-16(20)3)21(25)24-11-5-4-6-19(23)24/h4-11,13H,12H2,1-3H3/q+1. The zero-order valence-electron chi connectivity index (χ0n) is 15.1. The van der Waals surface area contributed by atoms with Gasteiger partial charge in [-0.2, -0.15) is 4.40 Å². The number of aromatic nitrogens is 3. The van der Waals surface area contributed by atoms with Crippen molar-refractivity contribution in [2.45, 2.75) is 27.3 Å². The normalized spacial score (nSPS) is 11.2. The molecule has 0 unspecified atom stereocenters. The molecule has 0 amide bonds. The molecule has 1 aromatic carbocycles. The highest BCUT2D eigenvalue weighted by atomic mass is 16.5. The topological polar surface area (TPSA) is 51.4 Å². The lowest BCUT2D eigenvalue weighted by Gasteiger charge is -2.07. The molecule has 0 N–H and O–H groups in total. The van der Waals surface area contributed by atoms with E-state index in [9.17, 15) is 4.79 Å². The number of nitrogens with zero attached hydrogens (tertiary/aromatic N) is 3. The largest absolute Gasteiger partial charge is 0.361 e. The summed E-state index contributed by atoms with van der Waals surface area (Å²) in [5.41, 5.74) is 5.25. The number of benzene rings is 1. The van der Waals surface area contributed by atoms with Crippen molar-refractivity contribution in [1.82, 2.24) is 9.56 Å². The number of pyridine rings is 1. The fraction of sp³-hybridized carbons (Fsp3) is 0.190. The minimum Gasteiger partial charge on any atom is -0.361 e. The van der Waals surface area contributed by atoms with Crippen molar-refractivity contribution < 1.29 is 9.09 Å². The summed E-state index contributed by atoms with van der Waals surface area (Å²) >= 11 is 0. The van der Waals surface area contributed by atoms with E-state index in [2.05, 4.69) is 40.9 Å². The fourth-order valence-electron chi connectivity index (χ4n) is 3.30. The number of rotatable bonds is 3. The van der Waals surface area contributed by atoms with Crippen molar-refractivity contribution in [3.63, 3.8) is 0 Å². The van der Waals surface area contributed by atoms with E-state index in [0.717, 1.165) is 16.9 Å². The van der Waals surface area contributed by atoms with E-state index in [4.69, 9.17) is 4.52 Å². The molecule has 4 rings (SSSR count). The minimum absolute atomic E-state index is 0.0739. The first-order valence-electron chi connectivity index (χ1n) is 8.57. The van der Waals surface area contributed by atoms with Gasteiger partial charge in [0.1, 0.15) is 24.1 Å². The Labute approximate surface area is 151 Å². The van der Waals surface area contributed by atoms with Crippen LogP contribution < -0.4 is 10.1 Å². The van der Waals surface area contributed by atoms with Gasteiger partial charge in [-0.15, -0.1) is 0 Å². The highest BCUT2D eigenvalue weighted by Crippen LogP contribution is 2.23. The van der Waals surface area contributed by atoms with Gasteiger partial charge in [0.25, 0.3) is 5.65 Å². The summed E-state index contributed by atoms with van der Waals surface area (Å²) in [5, 5.41) is 4.00. The van der Waals surface area contributed by atoms with Gasteiger partial charge >= 0.3 is 5.56 Å².